The average molecular weight is 279 g/mol. The van der Waals surface area contributed by atoms with Crippen molar-refractivity contribution in [2.24, 2.45) is 0 Å². The SMILES string of the molecule is CNC1CCC(S(=O)(=O)c2ccc3c(c2)CCC3)C1. The third-order valence-electron chi connectivity index (χ3n) is 4.63. The van der Waals surface area contributed by atoms with Gasteiger partial charge in [-0.2, -0.15) is 0 Å². The first-order valence-electron chi connectivity index (χ1n) is 7.14. The van der Waals surface area contributed by atoms with Crippen molar-refractivity contribution in [1.82, 2.24) is 5.32 Å². The molecule has 0 amide bonds. The fourth-order valence-electron chi connectivity index (χ4n) is 3.40. The first kappa shape index (κ1) is 13.1. The monoisotopic (exact) mass is 279 g/mol. The van der Waals surface area contributed by atoms with E-state index in [-0.39, 0.29) is 5.25 Å². The first-order valence-corrected chi connectivity index (χ1v) is 8.69. The number of benzene rings is 1. The Kier molecular flexibility index (Phi) is 3.39. The van der Waals surface area contributed by atoms with Gasteiger partial charge in [-0.1, -0.05) is 6.07 Å². The van der Waals surface area contributed by atoms with E-state index in [2.05, 4.69) is 5.32 Å². The molecule has 2 aliphatic carbocycles. The molecule has 3 rings (SSSR count). The summed E-state index contributed by atoms with van der Waals surface area (Å²) >= 11 is 0. The van der Waals surface area contributed by atoms with Crippen molar-refractivity contribution in [3.8, 4) is 0 Å². The fraction of sp³-hybridized carbons (Fsp3) is 0.600. The smallest absolute Gasteiger partial charge is 0.181 e. The van der Waals surface area contributed by atoms with Crippen LogP contribution in [0.15, 0.2) is 23.1 Å². The highest BCUT2D eigenvalue weighted by molar-refractivity contribution is 7.92. The van der Waals surface area contributed by atoms with Crippen LogP contribution in [0.3, 0.4) is 0 Å². The van der Waals surface area contributed by atoms with E-state index in [4.69, 9.17) is 0 Å². The molecule has 0 heterocycles. The quantitative estimate of drug-likeness (QED) is 0.921. The van der Waals surface area contributed by atoms with Crippen LogP contribution >= 0.6 is 0 Å². The van der Waals surface area contributed by atoms with Gasteiger partial charge in [-0.3, -0.25) is 0 Å². The lowest BCUT2D eigenvalue weighted by atomic mass is 10.1. The van der Waals surface area contributed by atoms with Crippen molar-refractivity contribution in [2.75, 3.05) is 7.05 Å². The molecule has 1 N–H and O–H groups in total. The Hall–Kier alpha value is -0.870. The minimum atomic E-state index is -3.14. The maximum Gasteiger partial charge on any atom is 0.181 e. The second kappa shape index (κ2) is 4.91. The summed E-state index contributed by atoms with van der Waals surface area (Å²) in [7, 11) is -1.23. The Bertz CT molecular complexity index is 580. The van der Waals surface area contributed by atoms with Crippen LogP contribution in [-0.4, -0.2) is 26.8 Å². The summed E-state index contributed by atoms with van der Waals surface area (Å²) in [4.78, 5) is 0.537. The van der Waals surface area contributed by atoms with Crippen molar-refractivity contribution in [1.29, 1.82) is 0 Å². The van der Waals surface area contributed by atoms with Gasteiger partial charge in [-0.05, 0) is 68.8 Å². The molecule has 0 bridgehead atoms. The summed E-state index contributed by atoms with van der Waals surface area (Å²) in [6.45, 7) is 0. The first-order chi connectivity index (χ1) is 9.11. The van der Waals surface area contributed by atoms with E-state index >= 15 is 0 Å². The molecule has 0 saturated heterocycles. The number of hydrogen-bond donors (Lipinski definition) is 1. The second-order valence-corrected chi connectivity index (χ2v) is 7.98. The summed E-state index contributed by atoms with van der Waals surface area (Å²) in [5.41, 5.74) is 2.57. The molecule has 1 aromatic rings. The molecule has 2 aliphatic rings. The van der Waals surface area contributed by atoms with Crippen LogP contribution in [0.25, 0.3) is 0 Å². The van der Waals surface area contributed by atoms with E-state index in [0.29, 0.717) is 10.9 Å². The molecule has 1 saturated carbocycles. The van der Waals surface area contributed by atoms with Gasteiger partial charge < -0.3 is 5.32 Å². The maximum atomic E-state index is 12.7. The van der Waals surface area contributed by atoms with Gasteiger partial charge in [-0.25, -0.2) is 8.42 Å². The summed E-state index contributed by atoms with van der Waals surface area (Å²) in [6.07, 6.45) is 5.78. The number of fused-ring (bicyclic) bond motifs is 1. The van der Waals surface area contributed by atoms with Crippen molar-refractivity contribution < 1.29 is 8.42 Å². The van der Waals surface area contributed by atoms with Gasteiger partial charge in [0.05, 0.1) is 10.1 Å². The Labute approximate surface area is 115 Å². The Morgan fingerprint density at radius 3 is 2.68 bits per heavy atom. The van der Waals surface area contributed by atoms with Crippen LogP contribution in [0.1, 0.15) is 36.8 Å². The lowest BCUT2D eigenvalue weighted by molar-refractivity contribution is 0.564. The standard InChI is InChI=1S/C15H21NO2S/c1-16-13-6-8-15(10-13)19(17,18)14-7-5-11-3-2-4-12(11)9-14/h5,7,9,13,15-16H,2-4,6,8,10H2,1H3. The van der Waals surface area contributed by atoms with Crippen LogP contribution in [0, 0.1) is 0 Å². The molecule has 2 atom stereocenters. The van der Waals surface area contributed by atoms with Gasteiger partial charge in [-0.15, -0.1) is 0 Å². The van der Waals surface area contributed by atoms with Gasteiger partial charge in [0.2, 0.25) is 0 Å². The normalized spacial score (nSPS) is 26.6. The van der Waals surface area contributed by atoms with E-state index in [1.54, 1.807) is 0 Å². The molecule has 1 fully saturated rings. The van der Waals surface area contributed by atoms with Crippen molar-refractivity contribution in [2.45, 2.75) is 54.7 Å². The summed E-state index contributed by atoms with van der Waals surface area (Å²) in [6, 6.07) is 6.10. The Morgan fingerprint density at radius 1 is 1.16 bits per heavy atom. The summed E-state index contributed by atoms with van der Waals surface area (Å²) < 4.78 is 25.3. The van der Waals surface area contributed by atoms with Gasteiger partial charge in [0.25, 0.3) is 0 Å². The Balaban J connectivity index is 1.88. The molecule has 104 valence electrons. The lowest BCUT2D eigenvalue weighted by Crippen LogP contribution is -2.25. The van der Waals surface area contributed by atoms with Gasteiger partial charge in [0, 0.05) is 6.04 Å². The largest absolute Gasteiger partial charge is 0.317 e. The highest BCUT2D eigenvalue weighted by atomic mass is 32.2. The fourth-order valence-corrected chi connectivity index (χ4v) is 5.28. The van der Waals surface area contributed by atoms with Gasteiger partial charge >= 0.3 is 0 Å². The van der Waals surface area contributed by atoms with E-state index in [1.807, 2.05) is 25.2 Å². The molecule has 0 spiro atoms. The average Bonchev–Trinajstić information content (AvgIpc) is 3.06. The minimum Gasteiger partial charge on any atom is -0.317 e. The van der Waals surface area contributed by atoms with E-state index < -0.39 is 9.84 Å². The number of sulfone groups is 1. The third-order valence-corrected chi connectivity index (χ3v) is 6.85. The molecule has 4 heteroatoms. The molecule has 3 nitrogen and oxygen atoms in total. The Morgan fingerprint density at radius 2 is 1.95 bits per heavy atom. The van der Waals surface area contributed by atoms with Crippen LogP contribution < -0.4 is 5.32 Å². The molecule has 1 aromatic carbocycles. The van der Waals surface area contributed by atoms with E-state index in [1.165, 1.54) is 11.1 Å². The molecule has 19 heavy (non-hydrogen) atoms. The molecule has 0 aliphatic heterocycles. The van der Waals surface area contributed by atoms with Crippen molar-refractivity contribution in [3.05, 3.63) is 29.3 Å². The third kappa shape index (κ3) is 2.32. The van der Waals surface area contributed by atoms with E-state index in [9.17, 15) is 8.42 Å². The predicted molar refractivity (Wildman–Crippen MR) is 76.1 cm³/mol. The molecular weight excluding hydrogens is 258 g/mol. The van der Waals surface area contributed by atoms with Crippen LogP contribution in [0.4, 0.5) is 0 Å². The minimum absolute atomic E-state index is 0.204. The van der Waals surface area contributed by atoms with Crippen LogP contribution in [0.2, 0.25) is 0 Å². The van der Waals surface area contributed by atoms with Crippen LogP contribution in [0.5, 0.6) is 0 Å². The van der Waals surface area contributed by atoms with Gasteiger partial charge in [0.1, 0.15) is 0 Å². The number of aryl methyl sites for hydroxylation is 2. The zero-order chi connectivity index (χ0) is 13.5. The summed E-state index contributed by atoms with van der Waals surface area (Å²) in [5.74, 6) is 0. The van der Waals surface area contributed by atoms with E-state index in [0.717, 1.165) is 38.5 Å². The number of nitrogens with one attached hydrogen (secondary N) is 1. The second-order valence-electron chi connectivity index (χ2n) is 5.75. The number of rotatable bonds is 3. The van der Waals surface area contributed by atoms with Crippen molar-refractivity contribution in [3.63, 3.8) is 0 Å². The highest BCUT2D eigenvalue weighted by Crippen LogP contribution is 2.32. The summed E-state index contributed by atoms with van der Waals surface area (Å²) in [5, 5.41) is 2.99. The zero-order valence-electron chi connectivity index (χ0n) is 11.4. The molecular formula is C15H21NO2S. The van der Waals surface area contributed by atoms with Crippen molar-refractivity contribution >= 4 is 9.84 Å². The van der Waals surface area contributed by atoms with Crippen LogP contribution in [-0.2, 0) is 22.7 Å². The maximum absolute atomic E-state index is 12.7. The number of hydrogen-bond acceptors (Lipinski definition) is 3. The van der Waals surface area contributed by atoms with Gasteiger partial charge in [0.15, 0.2) is 9.84 Å². The molecule has 0 aromatic heterocycles. The zero-order valence-corrected chi connectivity index (χ0v) is 12.2. The topological polar surface area (TPSA) is 46.2 Å². The predicted octanol–water partition coefficient (Wildman–Crippen LogP) is 2.09. The highest BCUT2D eigenvalue weighted by Gasteiger charge is 2.35. The lowest BCUT2D eigenvalue weighted by Gasteiger charge is -2.13. The molecule has 2 unspecified atom stereocenters. The molecule has 0 radical (unpaired) electrons.